The van der Waals surface area contributed by atoms with E-state index in [4.69, 9.17) is 0 Å². The number of nitrogens with one attached hydrogen (secondary N) is 2. The number of hydrogen-bond acceptors (Lipinski definition) is 4. The molecule has 1 aromatic heterocycles. The average Bonchev–Trinajstić information content (AvgIpc) is 2.85. The zero-order valence-corrected chi connectivity index (χ0v) is 12.7. The molecule has 1 unspecified atom stereocenters. The second kappa shape index (κ2) is 7.62. The third kappa shape index (κ3) is 4.93. The molecule has 0 bridgehead atoms. The number of rotatable bonds is 9. The van der Waals surface area contributed by atoms with Crippen LogP contribution in [0.3, 0.4) is 0 Å². The highest BCUT2D eigenvalue weighted by Crippen LogP contribution is 2.11. The third-order valence-corrected chi connectivity index (χ3v) is 4.44. The van der Waals surface area contributed by atoms with E-state index in [1.165, 1.54) is 6.20 Å². The molecule has 0 aliphatic carbocycles. The maximum Gasteiger partial charge on any atom is 0.243 e. The van der Waals surface area contributed by atoms with Gasteiger partial charge in [-0.25, -0.2) is 13.1 Å². The van der Waals surface area contributed by atoms with Crippen molar-refractivity contribution in [3.63, 3.8) is 0 Å². The molecule has 6 nitrogen and oxygen atoms in total. The fourth-order valence-corrected chi connectivity index (χ4v) is 3.12. The summed E-state index contributed by atoms with van der Waals surface area (Å²) < 4.78 is 28.7. The molecule has 0 aliphatic rings. The molecular formula is C12H24N4O2S. The molecule has 1 heterocycles. The van der Waals surface area contributed by atoms with Gasteiger partial charge in [0.1, 0.15) is 4.90 Å². The molecule has 1 aromatic rings. The predicted molar refractivity (Wildman–Crippen MR) is 75.5 cm³/mol. The van der Waals surface area contributed by atoms with Gasteiger partial charge in [-0.1, -0.05) is 20.3 Å². The molecule has 19 heavy (non-hydrogen) atoms. The van der Waals surface area contributed by atoms with E-state index in [-0.39, 0.29) is 10.9 Å². The Bertz CT molecular complexity index is 470. The van der Waals surface area contributed by atoms with Gasteiger partial charge in [0.2, 0.25) is 10.0 Å². The van der Waals surface area contributed by atoms with E-state index in [0.29, 0.717) is 6.54 Å². The molecule has 0 saturated heterocycles. The Hall–Kier alpha value is -0.920. The Morgan fingerprint density at radius 1 is 1.42 bits per heavy atom. The lowest BCUT2D eigenvalue weighted by Crippen LogP contribution is -2.34. The summed E-state index contributed by atoms with van der Waals surface area (Å²) in [6.07, 6.45) is 5.57. The minimum atomic E-state index is -3.45. The zero-order valence-electron chi connectivity index (χ0n) is 11.9. The van der Waals surface area contributed by atoms with Gasteiger partial charge in [0, 0.05) is 18.8 Å². The average molecular weight is 288 g/mol. The van der Waals surface area contributed by atoms with Crippen LogP contribution in [0, 0.1) is 0 Å². The Morgan fingerprint density at radius 3 is 2.74 bits per heavy atom. The normalized spacial score (nSPS) is 13.6. The topological polar surface area (TPSA) is 76.0 Å². The van der Waals surface area contributed by atoms with Crippen molar-refractivity contribution in [2.45, 2.75) is 50.6 Å². The van der Waals surface area contributed by atoms with Gasteiger partial charge in [0.25, 0.3) is 0 Å². The van der Waals surface area contributed by atoms with Gasteiger partial charge in [-0.15, -0.1) is 0 Å². The molecular weight excluding hydrogens is 264 g/mol. The predicted octanol–water partition coefficient (Wildman–Crippen LogP) is 0.960. The highest BCUT2D eigenvalue weighted by atomic mass is 32.2. The van der Waals surface area contributed by atoms with Gasteiger partial charge in [0.05, 0.1) is 12.7 Å². The van der Waals surface area contributed by atoms with Gasteiger partial charge in [-0.05, 0) is 19.9 Å². The first-order valence-electron chi connectivity index (χ1n) is 6.72. The lowest BCUT2D eigenvalue weighted by molar-refractivity contribution is 0.512. The van der Waals surface area contributed by atoms with Crippen LogP contribution in [0.1, 0.15) is 33.1 Å². The number of nitrogens with zero attached hydrogens (tertiary/aromatic N) is 2. The van der Waals surface area contributed by atoms with E-state index in [9.17, 15) is 8.42 Å². The summed E-state index contributed by atoms with van der Waals surface area (Å²) >= 11 is 0. The van der Waals surface area contributed by atoms with E-state index in [0.717, 1.165) is 25.8 Å². The molecule has 1 rings (SSSR count). The number of sulfonamides is 1. The van der Waals surface area contributed by atoms with Gasteiger partial charge in [-0.2, -0.15) is 5.10 Å². The minimum Gasteiger partial charge on any atom is -0.318 e. The number of aromatic nitrogens is 2. The van der Waals surface area contributed by atoms with Crippen LogP contribution >= 0.6 is 0 Å². The molecule has 1 atom stereocenters. The van der Waals surface area contributed by atoms with Gasteiger partial charge in [0.15, 0.2) is 0 Å². The van der Waals surface area contributed by atoms with E-state index in [2.05, 4.69) is 15.1 Å². The largest absolute Gasteiger partial charge is 0.318 e. The second-order valence-electron chi connectivity index (χ2n) is 4.56. The minimum absolute atomic E-state index is 0.00402. The van der Waals surface area contributed by atoms with E-state index >= 15 is 0 Å². The van der Waals surface area contributed by atoms with E-state index in [1.807, 2.05) is 20.9 Å². The molecule has 0 radical (unpaired) electrons. The van der Waals surface area contributed by atoms with E-state index < -0.39 is 10.0 Å². The summed E-state index contributed by atoms with van der Waals surface area (Å²) in [6.45, 7) is 5.44. The fourth-order valence-electron chi connectivity index (χ4n) is 1.81. The van der Waals surface area contributed by atoms with Crippen LogP contribution in [0.4, 0.5) is 0 Å². The molecule has 0 spiro atoms. The van der Waals surface area contributed by atoms with Crippen molar-refractivity contribution in [3.8, 4) is 0 Å². The fraction of sp³-hybridized carbons (Fsp3) is 0.750. The van der Waals surface area contributed by atoms with Crippen molar-refractivity contribution in [3.05, 3.63) is 12.4 Å². The quantitative estimate of drug-likeness (QED) is 0.709. The highest BCUT2D eigenvalue weighted by Gasteiger charge is 2.20. The maximum atomic E-state index is 12.2. The monoisotopic (exact) mass is 288 g/mol. The van der Waals surface area contributed by atoms with Crippen LogP contribution in [0.5, 0.6) is 0 Å². The van der Waals surface area contributed by atoms with Gasteiger partial charge >= 0.3 is 0 Å². The lowest BCUT2D eigenvalue weighted by atomic mass is 10.1. The van der Waals surface area contributed by atoms with Crippen molar-refractivity contribution in [1.82, 2.24) is 19.8 Å². The van der Waals surface area contributed by atoms with Crippen molar-refractivity contribution in [2.75, 3.05) is 13.6 Å². The maximum absolute atomic E-state index is 12.2. The smallest absolute Gasteiger partial charge is 0.243 e. The zero-order chi connectivity index (χ0) is 14.3. The Labute approximate surface area is 115 Å². The van der Waals surface area contributed by atoms with Gasteiger partial charge in [-0.3, -0.25) is 4.68 Å². The highest BCUT2D eigenvalue weighted by molar-refractivity contribution is 7.89. The third-order valence-electron chi connectivity index (χ3n) is 2.96. The van der Waals surface area contributed by atoms with Crippen LogP contribution < -0.4 is 10.0 Å². The molecule has 0 fully saturated rings. The standard InChI is InChI=1S/C12H24N4O2S/c1-4-6-11(5-2)15-19(17,18)12-9-14-16(10-12)8-7-13-3/h9-11,13,15H,4-8H2,1-3H3. The van der Waals surface area contributed by atoms with Crippen LogP contribution in [-0.2, 0) is 16.6 Å². The van der Waals surface area contributed by atoms with Crippen molar-refractivity contribution >= 4 is 10.0 Å². The SMILES string of the molecule is CCCC(CC)NS(=O)(=O)c1cnn(CCNC)c1. The molecule has 110 valence electrons. The molecule has 2 N–H and O–H groups in total. The Balaban J connectivity index is 2.73. The van der Waals surface area contributed by atoms with Crippen molar-refractivity contribution in [1.29, 1.82) is 0 Å². The van der Waals surface area contributed by atoms with Crippen molar-refractivity contribution < 1.29 is 8.42 Å². The Kier molecular flexibility index (Phi) is 6.47. The molecule has 0 aliphatic heterocycles. The molecule has 0 saturated carbocycles. The summed E-state index contributed by atoms with van der Waals surface area (Å²) in [4.78, 5) is 0.234. The lowest BCUT2D eigenvalue weighted by Gasteiger charge is -2.15. The molecule has 0 aromatic carbocycles. The summed E-state index contributed by atoms with van der Waals surface area (Å²) in [7, 11) is -1.61. The van der Waals surface area contributed by atoms with Crippen LogP contribution in [-0.4, -0.2) is 37.8 Å². The van der Waals surface area contributed by atoms with Crippen LogP contribution in [0.25, 0.3) is 0 Å². The van der Waals surface area contributed by atoms with Crippen LogP contribution in [0.15, 0.2) is 17.3 Å². The first kappa shape index (κ1) is 16.1. The second-order valence-corrected chi connectivity index (χ2v) is 6.27. The summed E-state index contributed by atoms with van der Waals surface area (Å²) in [5, 5.41) is 7.05. The summed E-state index contributed by atoms with van der Waals surface area (Å²) in [5.74, 6) is 0. The van der Waals surface area contributed by atoms with Crippen molar-refractivity contribution in [2.24, 2.45) is 0 Å². The first-order chi connectivity index (χ1) is 9.03. The molecule has 0 amide bonds. The Morgan fingerprint density at radius 2 is 2.16 bits per heavy atom. The summed E-state index contributed by atoms with van der Waals surface area (Å²) in [5.41, 5.74) is 0. The number of likely N-dealkylation sites (N-methyl/N-ethyl adjacent to an activating group) is 1. The first-order valence-corrected chi connectivity index (χ1v) is 8.21. The van der Waals surface area contributed by atoms with E-state index in [1.54, 1.807) is 10.9 Å². The molecule has 7 heteroatoms. The van der Waals surface area contributed by atoms with Crippen LogP contribution in [0.2, 0.25) is 0 Å². The van der Waals surface area contributed by atoms with Gasteiger partial charge < -0.3 is 5.32 Å². The number of hydrogen-bond donors (Lipinski definition) is 2. The summed E-state index contributed by atoms with van der Waals surface area (Å²) in [6, 6.07) is -0.00402.